The van der Waals surface area contributed by atoms with Gasteiger partial charge in [-0.15, -0.1) is 0 Å². The summed E-state index contributed by atoms with van der Waals surface area (Å²) in [4.78, 5) is 35.7. The van der Waals surface area contributed by atoms with Crippen molar-refractivity contribution in [2.24, 2.45) is 5.73 Å². The zero-order chi connectivity index (χ0) is 20.7. The number of primary amides is 1. The molecule has 4 N–H and O–H groups in total. The molecule has 0 heterocycles. The lowest BCUT2D eigenvalue weighted by molar-refractivity contribution is -0.155. The van der Waals surface area contributed by atoms with Crippen molar-refractivity contribution in [1.82, 2.24) is 5.32 Å². The van der Waals surface area contributed by atoms with Crippen molar-refractivity contribution in [2.45, 2.75) is 25.5 Å². The molecule has 0 radical (unpaired) electrons. The highest BCUT2D eigenvalue weighted by molar-refractivity contribution is 5.95. The van der Waals surface area contributed by atoms with Gasteiger partial charge in [-0.05, 0) is 24.6 Å². The third-order valence-electron chi connectivity index (χ3n) is 3.73. The normalized spacial score (nSPS) is 12.5. The molecule has 2 aromatic carbocycles. The smallest absolute Gasteiger partial charge is 0.329 e. The Bertz CT molecular complexity index is 862. The van der Waals surface area contributed by atoms with Gasteiger partial charge in [0.25, 0.3) is 5.91 Å². The Kier molecular flexibility index (Phi) is 7.02. The van der Waals surface area contributed by atoms with Crippen LogP contribution in [0.15, 0.2) is 48.5 Å². The molecular weight excluding hydrogens is 372 g/mol. The fraction of sp³-hybridized carbons (Fsp3) is 0.211. The molecule has 2 atom stereocenters. The monoisotopic (exact) mass is 391 g/mol. The number of nitrogens with two attached hydrogens (primary N) is 1. The molecule has 0 spiro atoms. The van der Waals surface area contributed by atoms with Crippen LogP contribution in [0, 0.1) is 11.6 Å². The zero-order valence-corrected chi connectivity index (χ0v) is 14.9. The number of benzene rings is 2. The first-order valence-corrected chi connectivity index (χ1v) is 8.32. The quantitative estimate of drug-likeness (QED) is 0.628. The lowest BCUT2D eigenvalue weighted by Crippen LogP contribution is -2.47. The molecule has 0 unspecified atom stereocenters. The zero-order valence-electron chi connectivity index (χ0n) is 14.9. The molecule has 3 amide bonds. The summed E-state index contributed by atoms with van der Waals surface area (Å²) >= 11 is 0. The number of carbonyl (C=O) groups excluding carboxylic acids is 3. The molecule has 0 saturated heterocycles. The number of amides is 3. The number of esters is 1. The van der Waals surface area contributed by atoms with Gasteiger partial charge in [0.2, 0.25) is 0 Å². The first kappa shape index (κ1) is 20.8. The van der Waals surface area contributed by atoms with E-state index < -0.39 is 41.7 Å². The molecule has 0 saturated carbocycles. The lowest BCUT2D eigenvalue weighted by Gasteiger charge is -2.19. The predicted octanol–water partition coefficient (Wildman–Crippen LogP) is 2.11. The van der Waals surface area contributed by atoms with Crippen LogP contribution < -0.4 is 16.4 Å². The summed E-state index contributed by atoms with van der Waals surface area (Å²) in [5.41, 5.74) is 5.85. The Morgan fingerprint density at radius 1 is 1.07 bits per heavy atom. The summed E-state index contributed by atoms with van der Waals surface area (Å²) in [5, 5.41) is 4.59. The van der Waals surface area contributed by atoms with E-state index in [1.807, 2.05) is 0 Å². The Balaban J connectivity index is 2.00. The minimum atomic E-state index is -1.26. The summed E-state index contributed by atoms with van der Waals surface area (Å²) in [6.45, 7) is 1.30. The summed E-state index contributed by atoms with van der Waals surface area (Å²) in [7, 11) is 0. The molecule has 148 valence electrons. The highest BCUT2D eigenvalue weighted by atomic mass is 19.2. The average molecular weight is 391 g/mol. The van der Waals surface area contributed by atoms with Crippen LogP contribution in [-0.2, 0) is 20.7 Å². The number of anilines is 1. The predicted molar refractivity (Wildman–Crippen MR) is 97.2 cm³/mol. The number of rotatable bonds is 7. The van der Waals surface area contributed by atoms with E-state index in [4.69, 9.17) is 10.5 Å². The van der Waals surface area contributed by atoms with Crippen molar-refractivity contribution in [3.8, 4) is 0 Å². The van der Waals surface area contributed by atoms with Gasteiger partial charge in [-0.3, -0.25) is 4.79 Å². The van der Waals surface area contributed by atoms with E-state index >= 15 is 0 Å². The Morgan fingerprint density at radius 3 is 2.36 bits per heavy atom. The van der Waals surface area contributed by atoms with E-state index in [1.54, 1.807) is 30.3 Å². The van der Waals surface area contributed by atoms with Gasteiger partial charge in [0.1, 0.15) is 6.04 Å². The molecule has 2 rings (SSSR count). The highest BCUT2D eigenvalue weighted by Crippen LogP contribution is 2.14. The summed E-state index contributed by atoms with van der Waals surface area (Å²) in [5.74, 6) is -3.80. The van der Waals surface area contributed by atoms with Crippen LogP contribution in [0.3, 0.4) is 0 Å². The van der Waals surface area contributed by atoms with Crippen molar-refractivity contribution in [3.63, 3.8) is 0 Å². The maximum Gasteiger partial charge on any atom is 0.329 e. The molecular formula is C19H19F2N3O4. The molecule has 28 heavy (non-hydrogen) atoms. The number of halogens is 2. The second kappa shape index (κ2) is 9.45. The summed E-state index contributed by atoms with van der Waals surface area (Å²) in [6.07, 6.45) is -1.14. The van der Waals surface area contributed by atoms with Gasteiger partial charge in [0, 0.05) is 18.2 Å². The largest absolute Gasteiger partial charge is 0.451 e. The van der Waals surface area contributed by atoms with Crippen LogP contribution in [0.1, 0.15) is 12.5 Å². The molecule has 9 heteroatoms. The second-order valence-electron chi connectivity index (χ2n) is 5.95. The van der Waals surface area contributed by atoms with Gasteiger partial charge in [0.15, 0.2) is 17.7 Å². The Labute approximate surface area is 159 Å². The SMILES string of the molecule is C[C@@H](OC(=O)[C@H](Cc1ccccc1)NC(N)=O)C(=O)Nc1ccc(F)c(F)c1. The van der Waals surface area contributed by atoms with Crippen molar-refractivity contribution in [2.75, 3.05) is 5.32 Å². The third-order valence-corrected chi connectivity index (χ3v) is 3.73. The van der Waals surface area contributed by atoms with Crippen molar-refractivity contribution in [3.05, 3.63) is 65.7 Å². The van der Waals surface area contributed by atoms with Crippen LogP contribution in [-0.4, -0.2) is 30.1 Å². The molecule has 0 bridgehead atoms. The average Bonchev–Trinajstić information content (AvgIpc) is 2.64. The van der Waals surface area contributed by atoms with Gasteiger partial charge in [-0.25, -0.2) is 18.4 Å². The minimum absolute atomic E-state index is 0.00268. The van der Waals surface area contributed by atoms with E-state index in [-0.39, 0.29) is 12.1 Å². The molecule has 0 aliphatic rings. The molecule has 0 fully saturated rings. The van der Waals surface area contributed by atoms with E-state index in [9.17, 15) is 23.2 Å². The topological polar surface area (TPSA) is 111 Å². The number of nitrogens with one attached hydrogen (secondary N) is 2. The minimum Gasteiger partial charge on any atom is -0.451 e. The second-order valence-corrected chi connectivity index (χ2v) is 5.95. The summed E-state index contributed by atoms with van der Waals surface area (Å²) in [6, 6.07) is 9.63. The van der Waals surface area contributed by atoms with E-state index in [0.29, 0.717) is 0 Å². The number of hydrogen-bond donors (Lipinski definition) is 3. The van der Waals surface area contributed by atoms with Crippen LogP contribution in [0.5, 0.6) is 0 Å². The number of carbonyl (C=O) groups is 3. The number of urea groups is 1. The molecule has 0 aromatic heterocycles. The highest BCUT2D eigenvalue weighted by Gasteiger charge is 2.26. The maximum absolute atomic E-state index is 13.2. The van der Waals surface area contributed by atoms with E-state index in [1.165, 1.54) is 6.92 Å². The van der Waals surface area contributed by atoms with Gasteiger partial charge < -0.3 is 21.1 Å². The first-order valence-electron chi connectivity index (χ1n) is 8.32. The number of ether oxygens (including phenoxy) is 1. The van der Waals surface area contributed by atoms with Crippen molar-refractivity contribution in [1.29, 1.82) is 0 Å². The van der Waals surface area contributed by atoms with E-state index in [0.717, 1.165) is 23.8 Å². The van der Waals surface area contributed by atoms with Gasteiger partial charge in [0.05, 0.1) is 0 Å². The molecule has 0 aliphatic heterocycles. The first-order chi connectivity index (χ1) is 13.3. The van der Waals surface area contributed by atoms with Crippen LogP contribution >= 0.6 is 0 Å². The fourth-order valence-corrected chi connectivity index (χ4v) is 2.34. The van der Waals surface area contributed by atoms with Gasteiger partial charge in [-0.2, -0.15) is 0 Å². The lowest BCUT2D eigenvalue weighted by atomic mass is 10.1. The number of hydrogen-bond acceptors (Lipinski definition) is 4. The van der Waals surface area contributed by atoms with Crippen molar-refractivity contribution >= 4 is 23.6 Å². The molecule has 7 nitrogen and oxygen atoms in total. The van der Waals surface area contributed by atoms with E-state index in [2.05, 4.69) is 10.6 Å². The van der Waals surface area contributed by atoms with Crippen LogP contribution in [0.25, 0.3) is 0 Å². The van der Waals surface area contributed by atoms with Crippen LogP contribution in [0.2, 0.25) is 0 Å². The fourth-order valence-electron chi connectivity index (χ4n) is 2.34. The third kappa shape index (κ3) is 6.04. The molecule has 0 aliphatic carbocycles. The van der Waals surface area contributed by atoms with Gasteiger partial charge in [-0.1, -0.05) is 30.3 Å². The van der Waals surface area contributed by atoms with Crippen molar-refractivity contribution < 1.29 is 27.9 Å². The standard InChI is InChI=1S/C19H19F2N3O4/c1-11(17(25)23-13-7-8-14(20)15(21)10-13)28-18(26)16(24-19(22)27)9-12-5-3-2-4-6-12/h2-8,10-11,16H,9H2,1H3,(H,23,25)(H3,22,24,27)/t11-,16+/m1/s1. The maximum atomic E-state index is 13.2. The van der Waals surface area contributed by atoms with Crippen LogP contribution in [0.4, 0.5) is 19.3 Å². The van der Waals surface area contributed by atoms with Gasteiger partial charge >= 0.3 is 12.0 Å². The molecule has 2 aromatic rings. The summed E-state index contributed by atoms with van der Waals surface area (Å²) < 4.78 is 31.2. The Hall–Kier alpha value is -3.49. The Morgan fingerprint density at radius 2 is 1.75 bits per heavy atom.